The quantitative estimate of drug-likeness (QED) is 0.606. The van der Waals surface area contributed by atoms with Crippen molar-refractivity contribution in [1.29, 1.82) is 0 Å². The zero-order chi connectivity index (χ0) is 6.69. The number of carbonyl (C=O) groups excluding carboxylic acids is 1. The smallest absolute Gasteiger partial charge is 0.152 e. The zero-order valence-corrected chi connectivity index (χ0v) is 5.38. The van der Waals surface area contributed by atoms with Crippen LogP contribution in [0.4, 0.5) is 4.39 Å². The highest BCUT2D eigenvalue weighted by atomic mass is 19.1. The molecule has 54 valence electrons. The third kappa shape index (κ3) is 1.63. The Morgan fingerprint density at radius 3 is 2.30 bits per heavy atom. The van der Waals surface area contributed by atoms with Gasteiger partial charge in [-0.2, -0.15) is 0 Å². The predicted octanol–water partition coefficient (Wildman–Crippen LogP) is 1.80. The lowest BCUT2D eigenvalue weighted by molar-refractivity contribution is 0.112. The van der Waals surface area contributed by atoms with Crippen LogP contribution in [-0.2, 0) is 0 Å². The fourth-order valence-corrected chi connectivity index (χ4v) is 0.571. The normalized spacial score (nSPS) is 8.10. The van der Waals surface area contributed by atoms with E-state index in [9.17, 15) is 9.18 Å². The van der Waals surface area contributed by atoms with Crippen LogP contribution in [0.15, 0.2) is 24.3 Å². The van der Waals surface area contributed by atoms with Gasteiger partial charge < -0.3 is 6.15 Å². The second kappa shape index (κ2) is 3.74. The van der Waals surface area contributed by atoms with Gasteiger partial charge in [0, 0.05) is 0 Å². The summed E-state index contributed by atoms with van der Waals surface area (Å²) < 4.78 is 12.4. The summed E-state index contributed by atoms with van der Waals surface area (Å²) in [5.41, 5.74) is 0.109. The molecule has 1 rings (SSSR count). The summed E-state index contributed by atoms with van der Waals surface area (Å²) in [5, 5.41) is 0. The second-order valence-corrected chi connectivity index (χ2v) is 1.64. The molecule has 0 spiro atoms. The minimum atomic E-state index is -0.465. The van der Waals surface area contributed by atoms with Gasteiger partial charge in [-0.25, -0.2) is 4.39 Å². The lowest BCUT2D eigenvalue weighted by Crippen LogP contribution is -1.83. The van der Waals surface area contributed by atoms with E-state index in [1.807, 2.05) is 0 Å². The van der Waals surface area contributed by atoms with Gasteiger partial charge in [-0.05, 0) is 12.1 Å². The maximum Gasteiger partial charge on any atom is 0.152 e. The molecule has 0 bridgehead atoms. The van der Waals surface area contributed by atoms with E-state index in [0.29, 0.717) is 6.29 Å². The molecule has 1 aromatic rings. The third-order valence-electron chi connectivity index (χ3n) is 1.03. The van der Waals surface area contributed by atoms with Gasteiger partial charge in [0.15, 0.2) is 6.29 Å². The molecule has 10 heavy (non-hydrogen) atoms. The van der Waals surface area contributed by atoms with E-state index in [0.717, 1.165) is 0 Å². The summed E-state index contributed by atoms with van der Waals surface area (Å²) in [6, 6.07) is 5.85. The zero-order valence-electron chi connectivity index (χ0n) is 5.38. The number of rotatable bonds is 1. The summed E-state index contributed by atoms with van der Waals surface area (Å²) in [6.45, 7) is 0. The first kappa shape index (κ1) is 8.78. The predicted molar refractivity (Wildman–Crippen MR) is 36.8 cm³/mol. The Morgan fingerprint density at radius 1 is 1.30 bits per heavy atom. The highest BCUT2D eigenvalue weighted by Gasteiger charge is 1.94. The number of hydrogen-bond donors (Lipinski definition) is 1. The van der Waals surface area contributed by atoms with Crippen LogP contribution < -0.4 is 6.15 Å². The Kier molecular flexibility index (Phi) is 3.28. The number of hydrogen-bond acceptors (Lipinski definition) is 2. The summed E-state index contributed by atoms with van der Waals surface area (Å²) >= 11 is 0. The Morgan fingerprint density at radius 2 is 1.90 bits per heavy atom. The van der Waals surface area contributed by atoms with Crippen molar-refractivity contribution in [2.75, 3.05) is 0 Å². The molecule has 0 aliphatic rings. The fourth-order valence-electron chi connectivity index (χ4n) is 0.571. The van der Waals surface area contributed by atoms with Gasteiger partial charge >= 0.3 is 0 Å². The van der Waals surface area contributed by atoms with Crippen LogP contribution in [0.2, 0.25) is 0 Å². The van der Waals surface area contributed by atoms with Crippen LogP contribution in [0.1, 0.15) is 10.4 Å². The molecule has 0 saturated carbocycles. The van der Waals surface area contributed by atoms with Crippen molar-refractivity contribution < 1.29 is 9.18 Å². The van der Waals surface area contributed by atoms with Crippen molar-refractivity contribution in [2.24, 2.45) is 0 Å². The SMILES string of the molecule is N.O=Cc1ccccc1F. The monoisotopic (exact) mass is 141 g/mol. The average Bonchev–Trinajstić information content (AvgIpc) is 1.89. The molecule has 0 unspecified atom stereocenters. The molecular formula is C7H8FNO. The van der Waals surface area contributed by atoms with Gasteiger partial charge in [0.1, 0.15) is 5.82 Å². The van der Waals surface area contributed by atoms with Gasteiger partial charge in [0.05, 0.1) is 5.56 Å². The van der Waals surface area contributed by atoms with Crippen LogP contribution in [-0.4, -0.2) is 6.29 Å². The molecule has 0 aliphatic carbocycles. The van der Waals surface area contributed by atoms with Crippen LogP contribution in [0.25, 0.3) is 0 Å². The maximum absolute atomic E-state index is 12.4. The van der Waals surface area contributed by atoms with E-state index in [4.69, 9.17) is 0 Å². The molecular weight excluding hydrogens is 133 g/mol. The van der Waals surface area contributed by atoms with Crippen molar-refractivity contribution >= 4 is 6.29 Å². The van der Waals surface area contributed by atoms with Gasteiger partial charge in [-0.1, -0.05) is 12.1 Å². The van der Waals surface area contributed by atoms with E-state index in [2.05, 4.69) is 0 Å². The number of aldehydes is 1. The third-order valence-corrected chi connectivity index (χ3v) is 1.03. The van der Waals surface area contributed by atoms with Crippen molar-refractivity contribution in [3.05, 3.63) is 35.6 Å². The average molecular weight is 141 g/mol. The molecule has 0 atom stereocenters. The fraction of sp³-hybridized carbons (Fsp3) is 0. The van der Waals surface area contributed by atoms with Crippen molar-refractivity contribution in [1.82, 2.24) is 6.15 Å². The van der Waals surface area contributed by atoms with Crippen LogP contribution in [0.5, 0.6) is 0 Å². The molecule has 0 fully saturated rings. The minimum absolute atomic E-state index is 0. The first-order valence-corrected chi connectivity index (χ1v) is 2.54. The summed E-state index contributed by atoms with van der Waals surface area (Å²) in [7, 11) is 0. The Balaban J connectivity index is 0.000000810. The number of benzene rings is 1. The Bertz CT molecular complexity index is 225. The van der Waals surface area contributed by atoms with Gasteiger partial charge in [0.25, 0.3) is 0 Å². The van der Waals surface area contributed by atoms with Crippen molar-refractivity contribution in [2.45, 2.75) is 0 Å². The van der Waals surface area contributed by atoms with E-state index < -0.39 is 5.82 Å². The highest BCUT2D eigenvalue weighted by molar-refractivity contribution is 5.74. The van der Waals surface area contributed by atoms with Gasteiger partial charge in [-0.15, -0.1) is 0 Å². The van der Waals surface area contributed by atoms with Crippen LogP contribution in [0.3, 0.4) is 0 Å². The highest BCUT2D eigenvalue weighted by Crippen LogP contribution is 2.01. The maximum atomic E-state index is 12.4. The minimum Gasteiger partial charge on any atom is -0.344 e. The lowest BCUT2D eigenvalue weighted by Gasteiger charge is -1.88. The van der Waals surface area contributed by atoms with Crippen molar-refractivity contribution in [3.63, 3.8) is 0 Å². The van der Waals surface area contributed by atoms with E-state index in [-0.39, 0.29) is 11.7 Å². The Hall–Kier alpha value is -1.22. The van der Waals surface area contributed by atoms with Crippen molar-refractivity contribution in [3.8, 4) is 0 Å². The largest absolute Gasteiger partial charge is 0.344 e. The molecule has 3 heteroatoms. The van der Waals surface area contributed by atoms with Crippen LogP contribution in [0, 0.1) is 5.82 Å². The van der Waals surface area contributed by atoms with E-state index >= 15 is 0 Å². The molecule has 0 amide bonds. The Labute approximate surface area is 58.3 Å². The first-order chi connectivity index (χ1) is 4.34. The summed E-state index contributed by atoms with van der Waals surface area (Å²) in [6.07, 6.45) is 0.495. The van der Waals surface area contributed by atoms with Gasteiger partial charge in [0.2, 0.25) is 0 Å². The lowest BCUT2D eigenvalue weighted by atomic mass is 10.2. The topological polar surface area (TPSA) is 52.1 Å². The van der Waals surface area contributed by atoms with Crippen LogP contribution >= 0.6 is 0 Å². The molecule has 0 aliphatic heterocycles. The number of carbonyl (C=O) groups is 1. The standard InChI is InChI=1S/C7H5FO.H3N/c8-7-4-2-1-3-6(7)5-9;/h1-5H;1H3. The summed E-state index contributed by atoms with van der Waals surface area (Å²) in [4.78, 5) is 9.99. The number of halogens is 1. The first-order valence-electron chi connectivity index (χ1n) is 2.54. The van der Waals surface area contributed by atoms with E-state index in [1.54, 1.807) is 12.1 Å². The summed E-state index contributed by atoms with van der Waals surface area (Å²) in [5.74, 6) is -0.465. The molecule has 0 saturated heterocycles. The molecule has 2 nitrogen and oxygen atoms in total. The molecule has 0 aromatic heterocycles. The van der Waals surface area contributed by atoms with E-state index in [1.165, 1.54) is 12.1 Å². The molecule has 0 heterocycles. The molecule has 3 N–H and O–H groups in total. The molecule has 0 radical (unpaired) electrons. The molecule has 1 aromatic carbocycles. The second-order valence-electron chi connectivity index (χ2n) is 1.64. The van der Waals surface area contributed by atoms with Gasteiger partial charge in [-0.3, -0.25) is 4.79 Å².